The van der Waals surface area contributed by atoms with Crippen molar-refractivity contribution in [2.45, 2.75) is 23.8 Å². The van der Waals surface area contributed by atoms with Crippen molar-refractivity contribution in [1.82, 2.24) is 20.2 Å². The first-order valence-electron chi connectivity index (χ1n) is 21.0. The van der Waals surface area contributed by atoms with Crippen LogP contribution in [-0.4, -0.2) is 98.3 Å². The van der Waals surface area contributed by atoms with Gasteiger partial charge in [0, 0.05) is 45.5 Å². The molecule has 17 heteroatoms. The Bertz CT molecular complexity index is 2800. The number of rotatable bonds is 8. The predicted octanol–water partition coefficient (Wildman–Crippen LogP) is 7.18. The number of hydrogen-bond donors (Lipinski definition) is 4. The second-order valence-corrected chi connectivity index (χ2v) is 17.1. The lowest BCUT2D eigenvalue weighted by Crippen LogP contribution is -2.43. The molecular weight excluding hydrogens is 843 g/mol. The third-order valence-corrected chi connectivity index (χ3v) is 12.5. The largest absolute Gasteiger partial charge is 0.495 e. The zero-order valence-corrected chi connectivity index (χ0v) is 37.8. The lowest BCUT2D eigenvalue weighted by molar-refractivity contribution is 0.0915. The quantitative estimate of drug-likeness (QED) is 0.121. The zero-order valence-electron chi connectivity index (χ0n) is 37.0. The van der Waals surface area contributed by atoms with Crippen LogP contribution in [0.25, 0.3) is 0 Å². The number of nitrogens with two attached hydrogens (primary N) is 1. The molecule has 0 aliphatic carbocycles. The van der Waals surface area contributed by atoms with Crippen LogP contribution in [0.4, 0.5) is 57.4 Å². The maximum absolute atomic E-state index is 13.0. The van der Waals surface area contributed by atoms with Crippen LogP contribution in [0.5, 0.6) is 5.75 Å². The Kier molecular flexibility index (Phi) is 12.8. The number of likely N-dealkylation sites (tertiary alicyclic amines) is 1. The molecule has 9 rings (SSSR count). The second kappa shape index (κ2) is 18.8. The zero-order chi connectivity index (χ0) is 45.9. The molecule has 65 heavy (non-hydrogen) atoms. The summed E-state index contributed by atoms with van der Waals surface area (Å²) >= 11 is 0. The summed E-state index contributed by atoms with van der Waals surface area (Å²) in [7, 11) is 9.47. The molecule has 3 aliphatic heterocycles. The Morgan fingerprint density at radius 2 is 1.18 bits per heavy atom. The van der Waals surface area contributed by atoms with Crippen molar-refractivity contribution in [2.75, 3.05) is 85.7 Å². The highest BCUT2D eigenvalue weighted by molar-refractivity contribution is 7.82. The summed E-state index contributed by atoms with van der Waals surface area (Å²) in [6.07, 6.45) is 1.89. The molecule has 5 N–H and O–H groups in total. The lowest BCUT2D eigenvalue weighted by atomic mass is 10.0. The molecule has 4 aromatic carbocycles. The van der Waals surface area contributed by atoms with E-state index in [0.29, 0.717) is 62.0 Å². The van der Waals surface area contributed by atoms with Crippen LogP contribution in [0.1, 0.15) is 43.9 Å². The fourth-order valence-corrected chi connectivity index (χ4v) is 8.46. The Morgan fingerprint density at radius 1 is 0.662 bits per heavy atom. The first-order chi connectivity index (χ1) is 31.3. The van der Waals surface area contributed by atoms with Gasteiger partial charge >= 0.3 is 0 Å². The first kappa shape index (κ1) is 44.3. The van der Waals surface area contributed by atoms with Crippen LogP contribution in [0.15, 0.2) is 120 Å². The van der Waals surface area contributed by atoms with Crippen molar-refractivity contribution in [2.24, 2.45) is 5.14 Å². The minimum atomic E-state index is -1.51. The molecule has 2 aromatic heterocycles. The number of nitrogens with zero attached hydrogens (tertiary/aromatic N) is 7. The molecule has 1 saturated heterocycles. The number of nitrogens with one attached hydrogen (secondary N) is 3. The van der Waals surface area contributed by atoms with Gasteiger partial charge in [-0.05, 0) is 124 Å². The van der Waals surface area contributed by atoms with Crippen LogP contribution in [0.2, 0.25) is 0 Å². The van der Waals surface area contributed by atoms with E-state index in [0.717, 1.165) is 48.7 Å². The van der Waals surface area contributed by atoms with Crippen molar-refractivity contribution >= 4 is 86.1 Å². The molecule has 6 aromatic rings. The van der Waals surface area contributed by atoms with Gasteiger partial charge in [0.2, 0.25) is 0 Å². The van der Waals surface area contributed by atoms with Crippen molar-refractivity contribution in [3.8, 4) is 5.75 Å². The number of hydrogen-bond acceptors (Lipinski definition) is 12. The summed E-state index contributed by atoms with van der Waals surface area (Å²) in [5.74, 6) is 2.83. The first-order valence-corrected chi connectivity index (χ1v) is 22.2. The van der Waals surface area contributed by atoms with Gasteiger partial charge in [-0.25, -0.2) is 19.3 Å². The molecule has 0 saturated carbocycles. The van der Waals surface area contributed by atoms with E-state index in [1.54, 1.807) is 67.4 Å². The predicted molar refractivity (Wildman–Crippen MR) is 258 cm³/mol. The van der Waals surface area contributed by atoms with Gasteiger partial charge in [0.05, 0.1) is 51.6 Å². The van der Waals surface area contributed by atoms with Crippen LogP contribution in [0.3, 0.4) is 0 Å². The van der Waals surface area contributed by atoms with Crippen LogP contribution in [0, 0.1) is 0 Å². The fraction of sp³-hybridized carbons (Fsp3) is 0.229. The standard InChI is InChI=1S/C28H32N6O3.C20H19N5O2S/c1-32-15-13-19(14-16-32)29-27(35)18-9-10-21(24(17-18)37-4)30-25-12-11-23-26(31-25)33(2)22-8-6-5-7-20(22)28(36)34(23)3;1-24-16-6-4-3-5-15(16)20(26)25(2)17-11-12-18(23-19(17)24)22-13-7-9-14(10-8-13)28(21)27/h5-12,17,19H,13-16H2,1-4H3,(H,29,35)(H,30,31);3-12H,21H2,1-2H3,(H,22,23). The van der Waals surface area contributed by atoms with Crippen LogP contribution >= 0.6 is 0 Å². The summed E-state index contributed by atoms with van der Waals surface area (Å²) < 4.78 is 16.9. The minimum Gasteiger partial charge on any atom is -0.495 e. The van der Waals surface area contributed by atoms with Gasteiger partial charge < -0.3 is 45.2 Å². The monoisotopic (exact) mass is 893 g/mol. The highest BCUT2D eigenvalue weighted by atomic mass is 32.2. The van der Waals surface area contributed by atoms with E-state index >= 15 is 0 Å². The third-order valence-electron chi connectivity index (χ3n) is 11.8. The molecule has 334 valence electrons. The van der Waals surface area contributed by atoms with Gasteiger partial charge in [-0.2, -0.15) is 0 Å². The number of piperidine rings is 1. The topological polar surface area (TPSA) is 182 Å². The lowest BCUT2D eigenvalue weighted by Gasteiger charge is -2.29. The van der Waals surface area contributed by atoms with Crippen LogP contribution in [-0.2, 0) is 11.0 Å². The summed E-state index contributed by atoms with van der Waals surface area (Å²) in [5.41, 5.74) is 6.31. The summed E-state index contributed by atoms with van der Waals surface area (Å²) in [5, 5.41) is 15.1. The van der Waals surface area contributed by atoms with Crippen molar-refractivity contribution in [1.29, 1.82) is 0 Å². The number of pyridine rings is 2. The summed E-state index contributed by atoms with van der Waals surface area (Å²) in [6.45, 7) is 1.96. The van der Waals surface area contributed by atoms with E-state index < -0.39 is 11.0 Å². The van der Waals surface area contributed by atoms with Crippen molar-refractivity contribution in [3.63, 3.8) is 0 Å². The highest BCUT2D eigenvalue weighted by Gasteiger charge is 2.30. The Labute approximate surface area is 380 Å². The maximum atomic E-state index is 13.0. The van der Waals surface area contributed by atoms with E-state index in [1.807, 2.05) is 103 Å². The molecule has 1 atom stereocenters. The van der Waals surface area contributed by atoms with E-state index in [1.165, 1.54) is 0 Å². The van der Waals surface area contributed by atoms with Gasteiger partial charge in [-0.3, -0.25) is 14.4 Å². The third kappa shape index (κ3) is 9.20. The Morgan fingerprint density at radius 3 is 1.71 bits per heavy atom. The number of para-hydroxylation sites is 2. The normalized spacial score (nSPS) is 15.2. The van der Waals surface area contributed by atoms with Gasteiger partial charge in [0.25, 0.3) is 17.7 Å². The smallest absolute Gasteiger partial charge is 0.260 e. The molecule has 1 unspecified atom stereocenters. The van der Waals surface area contributed by atoms with Crippen molar-refractivity contribution in [3.05, 3.63) is 132 Å². The summed E-state index contributed by atoms with van der Waals surface area (Å²) in [4.78, 5) is 58.2. The van der Waals surface area contributed by atoms with Gasteiger partial charge in [0.1, 0.15) is 28.4 Å². The number of amides is 3. The Balaban J connectivity index is 0.000000184. The number of fused-ring (bicyclic) bond motifs is 4. The maximum Gasteiger partial charge on any atom is 0.260 e. The molecule has 3 amide bonds. The number of aromatic nitrogens is 2. The van der Waals surface area contributed by atoms with Crippen LogP contribution < -0.4 is 45.4 Å². The highest BCUT2D eigenvalue weighted by Crippen LogP contribution is 2.41. The molecular formula is C48H51N11O5S. The van der Waals surface area contributed by atoms with E-state index in [9.17, 15) is 18.6 Å². The van der Waals surface area contributed by atoms with E-state index in [-0.39, 0.29) is 23.8 Å². The molecule has 0 bridgehead atoms. The SMILES string of the molecule is CN1C(=O)c2ccccc2N(C)c2nc(Nc3ccc(S(N)=O)cc3)ccc21.COc1cc(C(=O)NC2CCN(C)CC2)ccc1Nc1ccc2c(n1)N(C)c1ccccc1C(=O)N2C. The number of ether oxygens (including phenoxy) is 1. The number of carbonyl (C=O) groups excluding carboxylic acids is 3. The van der Waals surface area contributed by atoms with E-state index in [2.05, 4.69) is 27.9 Å². The molecule has 3 aliphatic rings. The number of anilines is 10. The molecule has 1 fully saturated rings. The fourth-order valence-electron chi connectivity index (χ4n) is 8.06. The average Bonchev–Trinajstić information content (AvgIpc) is 3.45. The van der Waals surface area contributed by atoms with Gasteiger partial charge in [0.15, 0.2) is 11.6 Å². The second-order valence-electron chi connectivity index (χ2n) is 16.0. The molecule has 0 radical (unpaired) electrons. The number of benzene rings is 4. The minimum absolute atomic E-state index is 0.0749. The van der Waals surface area contributed by atoms with Crippen molar-refractivity contribution < 1.29 is 23.3 Å². The summed E-state index contributed by atoms with van der Waals surface area (Å²) in [6, 6.07) is 34.9. The average molecular weight is 894 g/mol. The molecule has 5 heterocycles. The number of carbonyl (C=O) groups is 3. The van der Waals surface area contributed by atoms with E-state index in [4.69, 9.17) is 19.8 Å². The molecule has 16 nitrogen and oxygen atoms in total. The van der Waals surface area contributed by atoms with Gasteiger partial charge in [-0.15, -0.1) is 0 Å². The Hall–Kier alpha value is -7.34. The van der Waals surface area contributed by atoms with Gasteiger partial charge in [-0.1, -0.05) is 24.3 Å². The number of methoxy groups -OCH3 is 1. The molecule has 0 spiro atoms.